The lowest BCUT2D eigenvalue weighted by molar-refractivity contribution is -0.136. The van der Waals surface area contributed by atoms with Crippen LogP contribution >= 0.6 is 0 Å². The van der Waals surface area contributed by atoms with Crippen LogP contribution in [0.1, 0.15) is 26.7 Å². The number of nitrogens with one attached hydrogen (secondary N) is 1. The van der Waals surface area contributed by atoms with Crippen LogP contribution in [0.25, 0.3) is 5.82 Å². The van der Waals surface area contributed by atoms with Crippen molar-refractivity contribution in [2.45, 2.75) is 32.7 Å². The number of carbonyl (C=O) groups is 2. The molecule has 8 nitrogen and oxygen atoms in total. The third kappa shape index (κ3) is 3.27. The smallest absolute Gasteiger partial charge is 0.247 e. The van der Waals surface area contributed by atoms with Crippen molar-refractivity contribution in [3.05, 3.63) is 31.0 Å². The monoisotopic (exact) mass is 328 g/mol. The van der Waals surface area contributed by atoms with Gasteiger partial charge in [-0.15, -0.1) is 0 Å². The van der Waals surface area contributed by atoms with Gasteiger partial charge >= 0.3 is 0 Å². The van der Waals surface area contributed by atoms with E-state index in [9.17, 15) is 9.59 Å². The predicted octanol–water partition coefficient (Wildman–Crippen LogP) is 1.25. The zero-order chi connectivity index (χ0) is 17.1. The Bertz CT molecular complexity index is 711. The molecule has 0 spiro atoms. The van der Waals surface area contributed by atoms with E-state index in [2.05, 4.69) is 20.4 Å². The Morgan fingerprint density at radius 2 is 2.17 bits per heavy atom. The zero-order valence-corrected chi connectivity index (χ0v) is 13.7. The van der Waals surface area contributed by atoms with Crippen molar-refractivity contribution in [1.82, 2.24) is 24.6 Å². The van der Waals surface area contributed by atoms with Gasteiger partial charge in [-0.3, -0.25) is 9.59 Å². The minimum atomic E-state index is -0.463. The van der Waals surface area contributed by atoms with Crippen molar-refractivity contribution in [3.63, 3.8) is 0 Å². The summed E-state index contributed by atoms with van der Waals surface area (Å²) in [6.45, 7) is 4.53. The molecular formula is C16H20N6O2. The van der Waals surface area contributed by atoms with Crippen LogP contribution in [0.3, 0.4) is 0 Å². The van der Waals surface area contributed by atoms with Gasteiger partial charge in [0.05, 0.1) is 11.9 Å². The Labute approximate surface area is 139 Å². The van der Waals surface area contributed by atoms with Crippen molar-refractivity contribution < 1.29 is 9.59 Å². The quantitative estimate of drug-likeness (QED) is 0.891. The van der Waals surface area contributed by atoms with Gasteiger partial charge < -0.3 is 10.2 Å². The van der Waals surface area contributed by atoms with Gasteiger partial charge in [0.15, 0.2) is 5.82 Å². The first kappa shape index (κ1) is 16.1. The fourth-order valence-electron chi connectivity index (χ4n) is 2.91. The number of hydrogen-bond donors (Lipinski definition) is 1. The van der Waals surface area contributed by atoms with E-state index in [0.717, 1.165) is 6.42 Å². The third-order valence-corrected chi connectivity index (χ3v) is 4.01. The Morgan fingerprint density at radius 3 is 2.71 bits per heavy atom. The molecule has 0 saturated carbocycles. The molecule has 0 radical (unpaired) electrons. The molecule has 0 aromatic carbocycles. The molecule has 1 atom stereocenters. The highest BCUT2D eigenvalue weighted by Crippen LogP contribution is 2.20. The van der Waals surface area contributed by atoms with Crippen LogP contribution < -0.4 is 5.32 Å². The highest BCUT2D eigenvalue weighted by molar-refractivity contribution is 5.97. The highest BCUT2D eigenvalue weighted by atomic mass is 16.2. The molecule has 8 heteroatoms. The number of anilines is 1. The summed E-state index contributed by atoms with van der Waals surface area (Å²) in [4.78, 5) is 34.4. The molecule has 126 valence electrons. The van der Waals surface area contributed by atoms with Crippen LogP contribution in [-0.4, -0.2) is 49.0 Å². The molecule has 2 aromatic heterocycles. The summed E-state index contributed by atoms with van der Waals surface area (Å²) in [6.07, 6.45) is 5.87. The molecule has 0 unspecified atom stereocenters. The summed E-state index contributed by atoms with van der Waals surface area (Å²) in [7, 11) is 0. The summed E-state index contributed by atoms with van der Waals surface area (Å²) >= 11 is 0. The van der Waals surface area contributed by atoms with E-state index in [0.29, 0.717) is 24.5 Å². The van der Waals surface area contributed by atoms with Crippen molar-refractivity contribution in [1.29, 1.82) is 0 Å². The molecular weight excluding hydrogens is 308 g/mol. The van der Waals surface area contributed by atoms with E-state index in [1.807, 2.05) is 13.8 Å². The van der Waals surface area contributed by atoms with E-state index in [1.54, 1.807) is 29.6 Å². The van der Waals surface area contributed by atoms with Gasteiger partial charge in [0.1, 0.15) is 18.7 Å². The van der Waals surface area contributed by atoms with Crippen molar-refractivity contribution in [3.8, 4) is 5.82 Å². The maximum absolute atomic E-state index is 12.6. The van der Waals surface area contributed by atoms with Crippen LogP contribution in [0, 0.1) is 5.92 Å². The Balaban J connectivity index is 1.71. The minimum absolute atomic E-state index is 0.0365. The molecule has 1 fully saturated rings. The number of likely N-dealkylation sites (tertiary alicyclic amines) is 1. The lowest BCUT2D eigenvalue weighted by Gasteiger charge is -2.29. The second kappa shape index (κ2) is 6.77. The first-order chi connectivity index (χ1) is 11.6. The number of aromatic nitrogens is 4. The highest BCUT2D eigenvalue weighted by Gasteiger charge is 2.34. The summed E-state index contributed by atoms with van der Waals surface area (Å²) in [5.41, 5.74) is 0.584. The maximum Gasteiger partial charge on any atom is 0.247 e. The van der Waals surface area contributed by atoms with E-state index in [1.165, 1.54) is 11.0 Å². The molecule has 1 aliphatic rings. The number of hydrogen-bond acceptors (Lipinski definition) is 5. The number of nitrogens with zero attached hydrogens (tertiary/aromatic N) is 5. The molecule has 0 aliphatic carbocycles. The van der Waals surface area contributed by atoms with Gasteiger partial charge in [-0.1, -0.05) is 13.8 Å². The van der Waals surface area contributed by atoms with Crippen molar-refractivity contribution in [2.75, 3.05) is 11.9 Å². The van der Waals surface area contributed by atoms with Crippen LogP contribution in [0.15, 0.2) is 31.0 Å². The van der Waals surface area contributed by atoms with Gasteiger partial charge in [-0.2, -0.15) is 5.10 Å². The molecule has 1 N–H and O–H groups in total. The van der Waals surface area contributed by atoms with E-state index in [-0.39, 0.29) is 17.7 Å². The van der Waals surface area contributed by atoms with E-state index in [4.69, 9.17) is 0 Å². The Kier molecular flexibility index (Phi) is 4.54. The van der Waals surface area contributed by atoms with Crippen molar-refractivity contribution in [2.24, 2.45) is 5.92 Å². The topological polar surface area (TPSA) is 93.0 Å². The molecule has 1 saturated heterocycles. The summed E-state index contributed by atoms with van der Waals surface area (Å²) < 4.78 is 1.53. The molecule has 3 heterocycles. The standard InChI is InChI=1S/C16H20N6O2/c1-11(2)15(21-7-3-4-14(21)23)16(24)20-12-5-6-13(18-8-12)22-10-17-9-19-22/h5-6,8-11,15H,3-4,7H2,1-2H3,(H,20,24)/t15-/m1/s1. The molecule has 24 heavy (non-hydrogen) atoms. The number of carbonyl (C=O) groups excluding carboxylic acids is 2. The van der Waals surface area contributed by atoms with Gasteiger partial charge in [0, 0.05) is 13.0 Å². The summed E-state index contributed by atoms with van der Waals surface area (Å²) in [5.74, 6) is 0.508. The van der Waals surface area contributed by atoms with Gasteiger partial charge in [-0.25, -0.2) is 14.6 Å². The molecule has 0 bridgehead atoms. The molecule has 2 aromatic rings. The largest absolute Gasteiger partial charge is 0.330 e. The SMILES string of the molecule is CC(C)[C@H](C(=O)Nc1ccc(-n2cncn2)nc1)N1CCCC1=O. The Hall–Kier alpha value is -2.77. The average Bonchev–Trinajstić information content (AvgIpc) is 3.21. The molecule has 1 aliphatic heterocycles. The Morgan fingerprint density at radius 1 is 1.33 bits per heavy atom. The first-order valence-electron chi connectivity index (χ1n) is 7.97. The fraction of sp³-hybridized carbons (Fsp3) is 0.438. The lowest BCUT2D eigenvalue weighted by Crippen LogP contribution is -2.47. The normalized spacial score (nSPS) is 15.8. The fourth-order valence-corrected chi connectivity index (χ4v) is 2.91. The van der Waals surface area contributed by atoms with Crippen molar-refractivity contribution >= 4 is 17.5 Å². The van der Waals surface area contributed by atoms with Gasteiger partial charge in [-0.05, 0) is 24.5 Å². The maximum atomic E-state index is 12.6. The average molecular weight is 328 g/mol. The van der Waals surface area contributed by atoms with Crippen LogP contribution in [0.5, 0.6) is 0 Å². The number of amides is 2. The first-order valence-corrected chi connectivity index (χ1v) is 7.97. The predicted molar refractivity (Wildman–Crippen MR) is 87.4 cm³/mol. The number of pyridine rings is 1. The second-order valence-electron chi connectivity index (χ2n) is 6.11. The zero-order valence-electron chi connectivity index (χ0n) is 13.7. The number of rotatable bonds is 5. The van der Waals surface area contributed by atoms with Gasteiger partial charge in [0.2, 0.25) is 11.8 Å². The van der Waals surface area contributed by atoms with Crippen LogP contribution in [-0.2, 0) is 9.59 Å². The summed E-state index contributed by atoms with van der Waals surface area (Å²) in [6, 6.07) is 3.04. The molecule has 2 amide bonds. The van der Waals surface area contributed by atoms with Gasteiger partial charge in [0.25, 0.3) is 0 Å². The summed E-state index contributed by atoms with van der Waals surface area (Å²) in [5, 5.41) is 6.85. The third-order valence-electron chi connectivity index (χ3n) is 4.01. The van der Waals surface area contributed by atoms with E-state index < -0.39 is 6.04 Å². The minimum Gasteiger partial charge on any atom is -0.330 e. The van der Waals surface area contributed by atoms with Crippen LogP contribution in [0.4, 0.5) is 5.69 Å². The van der Waals surface area contributed by atoms with E-state index >= 15 is 0 Å². The second-order valence-corrected chi connectivity index (χ2v) is 6.11. The van der Waals surface area contributed by atoms with Crippen LogP contribution in [0.2, 0.25) is 0 Å². The lowest BCUT2D eigenvalue weighted by atomic mass is 10.0. The molecule has 3 rings (SSSR count).